The number of carbonyl (C=O) groups is 1. The summed E-state index contributed by atoms with van der Waals surface area (Å²) in [5.41, 5.74) is 0.0425. The molecule has 0 bridgehead atoms. The van der Waals surface area contributed by atoms with E-state index in [2.05, 4.69) is 4.90 Å². The Morgan fingerprint density at radius 2 is 1.88 bits per heavy atom. The molecule has 0 aliphatic carbocycles. The lowest BCUT2D eigenvalue weighted by molar-refractivity contribution is 0.0332. The normalized spacial score (nSPS) is 26.4. The number of halogens is 2. The molecule has 0 radical (unpaired) electrons. The van der Waals surface area contributed by atoms with E-state index in [4.69, 9.17) is 0 Å². The molecule has 1 aromatic carbocycles. The van der Waals surface area contributed by atoms with Crippen molar-refractivity contribution in [2.75, 3.05) is 31.1 Å². The molecule has 2 aliphatic heterocycles. The monoisotopic (exact) mass is 358 g/mol. The van der Waals surface area contributed by atoms with Gasteiger partial charge in [0.1, 0.15) is 0 Å². The number of benzene rings is 1. The molecule has 2 atom stereocenters. The Bertz CT molecular complexity index is 754. The standard InChI is InChI=1S/C16H20F2N2O3S/c1-2-5-19-6-7-20(15-10-24(22,23)9-14(15)19)16(21)11-3-4-12(17)13(18)8-11/h3-4,8,14-15H,2,5-7,9-10H2,1H3/t14-,15+/m1/s1. The van der Waals surface area contributed by atoms with Crippen molar-refractivity contribution >= 4 is 15.7 Å². The maximum absolute atomic E-state index is 13.4. The van der Waals surface area contributed by atoms with Crippen LogP contribution in [-0.4, -0.2) is 67.3 Å². The third-order valence-electron chi connectivity index (χ3n) is 4.73. The summed E-state index contributed by atoms with van der Waals surface area (Å²) in [4.78, 5) is 16.3. The van der Waals surface area contributed by atoms with Crippen LogP contribution in [0.1, 0.15) is 23.7 Å². The molecule has 1 amide bonds. The predicted molar refractivity (Wildman–Crippen MR) is 85.5 cm³/mol. The first-order valence-corrected chi connectivity index (χ1v) is 9.85. The SMILES string of the molecule is CCCN1CCN(C(=O)c2ccc(F)c(F)c2)[C@H]2CS(=O)(=O)C[C@H]21. The Labute approximate surface area is 140 Å². The average molecular weight is 358 g/mol. The molecule has 0 aromatic heterocycles. The van der Waals surface area contributed by atoms with Gasteiger partial charge in [-0.25, -0.2) is 17.2 Å². The molecule has 2 saturated heterocycles. The molecular formula is C16H20F2N2O3S. The van der Waals surface area contributed by atoms with E-state index in [0.29, 0.717) is 13.1 Å². The topological polar surface area (TPSA) is 57.7 Å². The molecule has 0 N–H and O–H groups in total. The van der Waals surface area contributed by atoms with Crippen LogP contribution in [0.3, 0.4) is 0 Å². The third kappa shape index (κ3) is 3.17. The van der Waals surface area contributed by atoms with Crippen LogP contribution >= 0.6 is 0 Å². The number of amides is 1. The largest absolute Gasteiger partial charge is 0.332 e. The predicted octanol–water partition coefficient (Wildman–Crippen LogP) is 1.30. The fourth-order valence-corrected chi connectivity index (χ4v) is 5.65. The van der Waals surface area contributed by atoms with Crippen molar-refractivity contribution in [3.05, 3.63) is 35.4 Å². The van der Waals surface area contributed by atoms with Crippen LogP contribution in [-0.2, 0) is 9.84 Å². The van der Waals surface area contributed by atoms with E-state index < -0.39 is 33.4 Å². The number of hydrogen-bond acceptors (Lipinski definition) is 4. The van der Waals surface area contributed by atoms with E-state index in [0.717, 1.165) is 25.1 Å². The molecule has 0 unspecified atom stereocenters. The minimum atomic E-state index is -3.21. The van der Waals surface area contributed by atoms with E-state index >= 15 is 0 Å². The van der Waals surface area contributed by atoms with Gasteiger partial charge in [-0.3, -0.25) is 9.69 Å². The molecule has 24 heavy (non-hydrogen) atoms. The Hall–Kier alpha value is -1.54. The molecule has 2 aliphatic rings. The quantitative estimate of drug-likeness (QED) is 0.817. The maximum Gasteiger partial charge on any atom is 0.254 e. The van der Waals surface area contributed by atoms with Crippen molar-refractivity contribution in [1.29, 1.82) is 0 Å². The van der Waals surface area contributed by atoms with E-state index in [1.165, 1.54) is 11.0 Å². The second-order valence-electron chi connectivity index (χ2n) is 6.38. The molecule has 3 rings (SSSR count). The molecular weight excluding hydrogens is 338 g/mol. The molecule has 0 saturated carbocycles. The second kappa shape index (κ2) is 6.40. The van der Waals surface area contributed by atoms with Gasteiger partial charge in [0.25, 0.3) is 5.91 Å². The van der Waals surface area contributed by atoms with Gasteiger partial charge in [-0.1, -0.05) is 6.92 Å². The molecule has 132 valence electrons. The van der Waals surface area contributed by atoms with Gasteiger partial charge in [0.05, 0.1) is 17.5 Å². The number of hydrogen-bond donors (Lipinski definition) is 0. The molecule has 2 fully saturated rings. The third-order valence-corrected chi connectivity index (χ3v) is 6.43. The minimum absolute atomic E-state index is 0.0409. The summed E-state index contributed by atoms with van der Waals surface area (Å²) in [5.74, 6) is -2.58. The lowest BCUT2D eigenvalue weighted by Gasteiger charge is -2.43. The van der Waals surface area contributed by atoms with Gasteiger partial charge >= 0.3 is 0 Å². The van der Waals surface area contributed by atoms with Crippen LogP contribution in [0.5, 0.6) is 0 Å². The maximum atomic E-state index is 13.4. The Balaban J connectivity index is 1.88. The highest BCUT2D eigenvalue weighted by molar-refractivity contribution is 7.91. The van der Waals surface area contributed by atoms with Crippen LogP contribution in [0.4, 0.5) is 8.78 Å². The molecule has 8 heteroatoms. The molecule has 2 heterocycles. The Morgan fingerprint density at radius 3 is 2.54 bits per heavy atom. The van der Waals surface area contributed by atoms with E-state index in [1.807, 2.05) is 6.92 Å². The van der Waals surface area contributed by atoms with E-state index in [1.54, 1.807) is 0 Å². The highest BCUT2D eigenvalue weighted by Crippen LogP contribution is 2.28. The van der Waals surface area contributed by atoms with Crippen LogP contribution in [0.25, 0.3) is 0 Å². The van der Waals surface area contributed by atoms with E-state index in [-0.39, 0.29) is 23.1 Å². The number of nitrogens with zero attached hydrogens (tertiary/aromatic N) is 2. The number of fused-ring (bicyclic) bond motifs is 1. The summed E-state index contributed by atoms with van der Waals surface area (Å²) in [6.45, 7) is 3.77. The summed E-state index contributed by atoms with van der Waals surface area (Å²) in [6, 6.07) is 2.36. The van der Waals surface area contributed by atoms with Crippen molar-refractivity contribution in [3.63, 3.8) is 0 Å². The van der Waals surface area contributed by atoms with Gasteiger partial charge in [0.2, 0.25) is 0 Å². The van der Waals surface area contributed by atoms with Crippen LogP contribution in [0.15, 0.2) is 18.2 Å². The lowest BCUT2D eigenvalue weighted by atomic mass is 10.0. The summed E-state index contributed by atoms with van der Waals surface area (Å²) < 4.78 is 50.6. The number of sulfone groups is 1. The highest BCUT2D eigenvalue weighted by atomic mass is 32.2. The van der Waals surface area contributed by atoms with Crippen LogP contribution < -0.4 is 0 Å². The van der Waals surface area contributed by atoms with Gasteiger partial charge < -0.3 is 4.90 Å². The summed E-state index contributed by atoms with van der Waals surface area (Å²) in [6.07, 6.45) is 0.903. The number of piperazine rings is 1. The summed E-state index contributed by atoms with van der Waals surface area (Å²) in [5, 5.41) is 0. The Kier molecular flexibility index (Phi) is 4.61. The number of rotatable bonds is 3. The average Bonchev–Trinajstić information content (AvgIpc) is 2.85. The first-order valence-electron chi connectivity index (χ1n) is 8.03. The van der Waals surface area contributed by atoms with Crippen molar-refractivity contribution in [3.8, 4) is 0 Å². The van der Waals surface area contributed by atoms with E-state index in [9.17, 15) is 22.0 Å². The zero-order valence-corrected chi connectivity index (χ0v) is 14.2. The van der Waals surface area contributed by atoms with Crippen LogP contribution in [0, 0.1) is 11.6 Å². The highest BCUT2D eigenvalue weighted by Gasteiger charge is 2.47. The fourth-order valence-electron chi connectivity index (χ4n) is 3.64. The lowest BCUT2D eigenvalue weighted by Crippen LogP contribution is -2.60. The minimum Gasteiger partial charge on any atom is -0.332 e. The first-order chi connectivity index (χ1) is 11.3. The smallest absolute Gasteiger partial charge is 0.254 e. The first kappa shape index (κ1) is 17.3. The van der Waals surface area contributed by atoms with Gasteiger partial charge in [0, 0.05) is 24.7 Å². The van der Waals surface area contributed by atoms with Gasteiger partial charge in [-0.05, 0) is 31.2 Å². The van der Waals surface area contributed by atoms with Gasteiger partial charge in [-0.2, -0.15) is 0 Å². The molecule has 0 spiro atoms. The van der Waals surface area contributed by atoms with Crippen LogP contribution in [0.2, 0.25) is 0 Å². The van der Waals surface area contributed by atoms with Gasteiger partial charge in [0.15, 0.2) is 21.5 Å². The second-order valence-corrected chi connectivity index (χ2v) is 8.53. The fraction of sp³-hybridized carbons (Fsp3) is 0.562. The zero-order valence-electron chi connectivity index (χ0n) is 13.4. The molecule has 5 nitrogen and oxygen atoms in total. The van der Waals surface area contributed by atoms with Crippen molar-refractivity contribution in [2.45, 2.75) is 25.4 Å². The van der Waals surface area contributed by atoms with Gasteiger partial charge in [-0.15, -0.1) is 0 Å². The van der Waals surface area contributed by atoms with Crippen molar-refractivity contribution in [2.24, 2.45) is 0 Å². The van der Waals surface area contributed by atoms with Crippen molar-refractivity contribution < 1.29 is 22.0 Å². The molecule has 1 aromatic rings. The summed E-state index contributed by atoms with van der Waals surface area (Å²) >= 11 is 0. The summed E-state index contributed by atoms with van der Waals surface area (Å²) in [7, 11) is -3.21. The number of carbonyl (C=O) groups excluding carboxylic acids is 1. The Morgan fingerprint density at radius 1 is 1.17 bits per heavy atom. The zero-order chi connectivity index (χ0) is 17.5. The van der Waals surface area contributed by atoms with Crippen molar-refractivity contribution in [1.82, 2.24) is 9.80 Å².